The molecule has 1 aliphatic rings. The molecule has 1 N–H and O–H groups in total. The summed E-state index contributed by atoms with van der Waals surface area (Å²) in [5, 5.41) is 3.33. The maximum Gasteiger partial charge on any atom is 0.125 e. The Kier molecular flexibility index (Phi) is 3.21. The number of nitrogens with one attached hydrogen (secondary N) is 1. The van der Waals surface area contributed by atoms with E-state index in [-0.39, 0.29) is 0 Å². The van der Waals surface area contributed by atoms with Crippen molar-refractivity contribution in [1.82, 2.24) is 9.88 Å². The first kappa shape index (κ1) is 10.4. The molecule has 1 aliphatic carbocycles. The zero-order valence-electron chi connectivity index (χ0n) is 9.53. The van der Waals surface area contributed by atoms with Crippen LogP contribution in [0.3, 0.4) is 0 Å². The van der Waals surface area contributed by atoms with E-state index in [2.05, 4.69) is 35.2 Å². The van der Waals surface area contributed by atoms with Crippen molar-refractivity contribution in [3.8, 4) is 0 Å². The Labute approximate surface area is 91.5 Å². The molecule has 0 amide bonds. The van der Waals surface area contributed by atoms with Crippen LogP contribution in [0.25, 0.3) is 0 Å². The lowest BCUT2D eigenvalue weighted by atomic mass is 10.3. The first-order valence-electron chi connectivity index (χ1n) is 5.62. The number of nitrogens with zero attached hydrogens (tertiary/aromatic N) is 2. The van der Waals surface area contributed by atoms with Crippen LogP contribution in [0.15, 0.2) is 18.3 Å². The summed E-state index contributed by atoms with van der Waals surface area (Å²) in [7, 11) is 2.20. The van der Waals surface area contributed by atoms with Crippen molar-refractivity contribution in [3.63, 3.8) is 0 Å². The van der Waals surface area contributed by atoms with E-state index >= 15 is 0 Å². The highest BCUT2D eigenvalue weighted by atomic mass is 15.2. The van der Waals surface area contributed by atoms with Gasteiger partial charge in [0.05, 0.1) is 0 Å². The second-order valence-corrected chi connectivity index (χ2v) is 4.36. The molecule has 82 valence electrons. The number of likely N-dealkylation sites (N-methyl/N-ethyl adjacent to an activating group) is 1. The number of rotatable bonds is 5. The summed E-state index contributed by atoms with van der Waals surface area (Å²) in [6.45, 7) is 4.13. The first-order valence-corrected chi connectivity index (χ1v) is 5.62. The highest BCUT2D eigenvalue weighted by molar-refractivity contribution is 5.34. The molecule has 0 aliphatic heterocycles. The van der Waals surface area contributed by atoms with Crippen molar-refractivity contribution in [1.29, 1.82) is 0 Å². The monoisotopic (exact) mass is 205 g/mol. The minimum absolute atomic E-state index is 0.845. The summed E-state index contributed by atoms with van der Waals surface area (Å²) in [5.41, 5.74) is 1.20. The molecule has 1 heterocycles. The average Bonchev–Trinajstić information content (AvgIpc) is 3.04. The third-order valence-electron chi connectivity index (χ3n) is 2.85. The molecular formula is C12H19N3. The zero-order valence-corrected chi connectivity index (χ0v) is 9.53. The predicted molar refractivity (Wildman–Crippen MR) is 63.1 cm³/mol. The second kappa shape index (κ2) is 4.62. The number of hydrogen-bond acceptors (Lipinski definition) is 3. The molecule has 3 heteroatoms. The molecule has 0 spiro atoms. The van der Waals surface area contributed by atoms with E-state index < -0.39 is 0 Å². The molecule has 1 fully saturated rings. The minimum atomic E-state index is 0.845. The summed E-state index contributed by atoms with van der Waals surface area (Å²) in [5.74, 6) is 0.977. The van der Waals surface area contributed by atoms with Crippen molar-refractivity contribution in [2.45, 2.75) is 25.8 Å². The lowest BCUT2D eigenvalue weighted by Gasteiger charge is -2.15. The maximum atomic E-state index is 4.31. The molecule has 0 unspecified atom stereocenters. The van der Waals surface area contributed by atoms with Crippen LogP contribution in [-0.4, -0.2) is 36.1 Å². The average molecular weight is 205 g/mol. The Morgan fingerprint density at radius 2 is 2.27 bits per heavy atom. The summed E-state index contributed by atoms with van der Waals surface area (Å²) in [6.07, 6.45) is 4.64. The Bertz CT molecular complexity index is 303. The van der Waals surface area contributed by atoms with Gasteiger partial charge >= 0.3 is 0 Å². The number of aromatic nitrogens is 1. The van der Waals surface area contributed by atoms with Crippen molar-refractivity contribution >= 4 is 5.82 Å². The van der Waals surface area contributed by atoms with Gasteiger partial charge in [-0.15, -0.1) is 0 Å². The van der Waals surface area contributed by atoms with Crippen molar-refractivity contribution < 1.29 is 0 Å². The van der Waals surface area contributed by atoms with Crippen LogP contribution in [-0.2, 0) is 0 Å². The SMILES string of the molecule is Cc1ccc(NCCN(C)C2CC2)nc1. The van der Waals surface area contributed by atoms with Gasteiger partial charge in [0.25, 0.3) is 0 Å². The number of aryl methyl sites for hydroxylation is 1. The van der Waals surface area contributed by atoms with Gasteiger partial charge in [-0.05, 0) is 38.4 Å². The molecule has 2 rings (SSSR count). The van der Waals surface area contributed by atoms with E-state index in [0.29, 0.717) is 0 Å². The van der Waals surface area contributed by atoms with E-state index in [1.54, 1.807) is 0 Å². The molecule has 0 atom stereocenters. The Morgan fingerprint density at radius 3 is 2.87 bits per heavy atom. The summed E-state index contributed by atoms with van der Waals surface area (Å²) in [6, 6.07) is 4.96. The van der Waals surface area contributed by atoms with Crippen molar-refractivity contribution in [3.05, 3.63) is 23.9 Å². The van der Waals surface area contributed by atoms with Crippen LogP contribution >= 0.6 is 0 Å². The smallest absolute Gasteiger partial charge is 0.125 e. The normalized spacial score (nSPS) is 15.7. The first-order chi connectivity index (χ1) is 7.25. The van der Waals surface area contributed by atoms with Crippen LogP contribution in [0.5, 0.6) is 0 Å². The van der Waals surface area contributed by atoms with Gasteiger partial charge < -0.3 is 10.2 Å². The fourth-order valence-corrected chi connectivity index (χ4v) is 1.63. The predicted octanol–water partition coefficient (Wildman–Crippen LogP) is 1.90. The van der Waals surface area contributed by atoms with Gasteiger partial charge in [-0.25, -0.2) is 4.98 Å². The van der Waals surface area contributed by atoms with E-state index in [1.165, 1.54) is 18.4 Å². The van der Waals surface area contributed by atoms with Crippen LogP contribution in [0.2, 0.25) is 0 Å². The van der Waals surface area contributed by atoms with Gasteiger partial charge in [0.1, 0.15) is 5.82 Å². The highest BCUT2D eigenvalue weighted by Gasteiger charge is 2.25. The van der Waals surface area contributed by atoms with Crippen LogP contribution < -0.4 is 5.32 Å². The molecule has 0 saturated heterocycles. The maximum absolute atomic E-state index is 4.31. The Balaban J connectivity index is 1.70. The molecule has 1 aromatic rings. The molecule has 15 heavy (non-hydrogen) atoms. The molecule has 0 bridgehead atoms. The third kappa shape index (κ3) is 3.20. The lowest BCUT2D eigenvalue weighted by molar-refractivity contribution is 0.337. The van der Waals surface area contributed by atoms with E-state index in [0.717, 1.165) is 24.9 Å². The number of pyridine rings is 1. The summed E-state index contributed by atoms with van der Waals surface area (Å²) in [4.78, 5) is 6.72. The van der Waals surface area contributed by atoms with E-state index in [1.807, 2.05) is 12.3 Å². The fraction of sp³-hybridized carbons (Fsp3) is 0.583. The highest BCUT2D eigenvalue weighted by Crippen LogP contribution is 2.24. The van der Waals surface area contributed by atoms with Crippen molar-refractivity contribution in [2.24, 2.45) is 0 Å². The minimum Gasteiger partial charge on any atom is -0.369 e. The summed E-state index contributed by atoms with van der Waals surface area (Å²) >= 11 is 0. The van der Waals surface area contributed by atoms with Crippen LogP contribution in [0, 0.1) is 6.92 Å². The van der Waals surface area contributed by atoms with Gasteiger partial charge in [0.15, 0.2) is 0 Å². The van der Waals surface area contributed by atoms with Gasteiger partial charge in [-0.3, -0.25) is 0 Å². The van der Waals surface area contributed by atoms with Crippen LogP contribution in [0.1, 0.15) is 18.4 Å². The standard InChI is InChI=1S/C12H19N3/c1-10-3-6-12(14-9-10)13-7-8-15(2)11-4-5-11/h3,6,9,11H,4-5,7-8H2,1-2H3,(H,13,14). The van der Waals surface area contributed by atoms with E-state index in [4.69, 9.17) is 0 Å². The third-order valence-corrected chi connectivity index (χ3v) is 2.85. The molecular weight excluding hydrogens is 186 g/mol. The molecule has 1 saturated carbocycles. The largest absolute Gasteiger partial charge is 0.369 e. The summed E-state index contributed by atoms with van der Waals surface area (Å²) < 4.78 is 0. The van der Waals surface area contributed by atoms with Gasteiger partial charge in [-0.1, -0.05) is 6.07 Å². The quantitative estimate of drug-likeness (QED) is 0.795. The second-order valence-electron chi connectivity index (χ2n) is 4.36. The molecule has 0 aromatic carbocycles. The molecule has 3 nitrogen and oxygen atoms in total. The number of anilines is 1. The number of hydrogen-bond donors (Lipinski definition) is 1. The van der Waals surface area contributed by atoms with Crippen molar-refractivity contribution in [2.75, 3.05) is 25.5 Å². The Hall–Kier alpha value is -1.09. The Morgan fingerprint density at radius 1 is 1.47 bits per heavy atom. The molecule has 1 aromatic heterocycles. The van der Waals surface area contributed by atoms with Gasteiger partial charge in [-0.2, -0.15) is 0 Å². The fourth-order valence-electron chi connectivity index (χ4n) is 1.63. The molecule has 0 radical (unpaired) electrons. The lowest BCUT2D eigenvalue weighted by Crippen LogP contribution is -2.27. The topological polar surface area (TPSA) is 28.2 Å². The zero-order chi connectivity index (χ0) is 10.7. The van der Waals surface area contributed by atoms with Gasteiger partial charge in [0.2, 0.25) is 0 Å². The van der Waals surface area contributed by atoms with Gasteiger partial charge in [0, 0.05) is 25.3 Å². The van der Waals surface area contributed by atoms with Crippen LogP contribution in [0.4, 0.5) is 5.82 Å². The van der Waals surface area contributed by atoms with E-state index in [9.17, 15) is 0 Å².